The molecule has 0 aliphatic rings. The Hall–Kier alpha value is -1.58. The highest BCUT2D eigenvalue weighted by Crippen LogP contribution is 2.16. The van der Waals surface area contributed by atoms with Gasteiger partial charge in [-0.05, 0) is 77.6 Å². The summed E-state index contributed by atoms with van der Waals surface area (Å²) in [5.74, 6) is -0.240. The van der Waals surface area contributed by atoms with Gasteiger partial charge in [0.05, 0.1) is 0 Å². The van der Waals surface area contributed by atoms with Gasteiger partial charge in [-0.2, -0.15) is 0 Å². The van der Waals surface area contributed by atoms with E-state index in [4.69, 9.17) is 9.47 Å². The molecule has 0 amide bonds. The third-order valence-electron chi connectivity index (χ3n) is 8.97. The van der Waals surface area contributed by atoms with Crippen molar-refractivity contribution in [3.8, 4) is 0 Å². The molecule has 0 fully saturated rings. The molecule has 0 rings (SSSR count). The van der Waals surface area contributed by atoms with Gasteiger partial charge in [0.15, 0.2) is 0 Å². The van der Waals surface area contributed by atoms with Gasteiger partial charge in [0.1, 0.15) is 12.2 Å². The van der Waals surface area contributed by atoms with Crippen molar-refractivity contribution in [3.63, 3.8) is 0 Å². The van der Waals surface area contributed by atoms with E-state index in [0.717, 1.165) is 32.1 Å². The van der Waals surface area contributed by atoms with E-state index in [1.807, 2.05) is 13.8 Å². The molecular weight excluding hydrogens is 568 g/mol. The Morgan fingerprint density at radius 3 is 1.15 bits per heavy atom. The van der Waals surface area contributed by atoms with Crippen molar-refractivity contribution in [1.82, 2.24) is 0 Å². The number of carbonyl (C=O) groups is 2. The Labute approximate surface area is 287 Å². The van der Waals surface area contributed by atoms with Crippen molar-refractivity contribution in [2.75, 3.05) is 0 Å². The monoisotopic (exact) mass is 647 g/mol. The highest BCUT2D eigenvalue weighted by atomic mass is 16.6. The van der Waals surface area contributed by atoms with Gasteiger partial charge in [-0.3, -0.25) is 9.59 Å². The van der Waals surface area contributed by atoms with E-state index in [1.54, 1.807) is 0 Å². The Morgan fingerprint density at radius 1 is 0.457 bits per heavy atom. The Kier molecular flexibility index (Phi) is 35.0. The summed E-state index contributed by atoms with van der Waals surface area (Å²) in [5, 5.41) is 0. The van der Waals surface area contributed by atoms with Crippen LogP contribution in [0.5, 0.6) is 0 Å². The molecule has 0 aromatic carbocycles. The van der Waals surface area contributed by atoms with E-state index in [0.29, 0.717) is 19.3 Å². The van der Waals surface area contributed by atoms with Crippen LogP contribution in [0.2, 0.25) is 0 Å². The molecule has 0 aliphatic carbocycles. The summed E-state index contributed by atoms with van der Waals surface area (Å²) >= 11 is 0. The molecule has 0 saturated carbocycles. The molecule has 2 unspecified atom stereocenters. The molecule has 46 heavy (non-hydrogen) atoms. The first kappa shape index (κ1) is 44.4. The number of unbranched alkanes of at least 4 members (excludes halogenated alkanes) is 22. The lowest BCUT2D eigenvalue weighted by atomic mass is 10.1. The minimum atomic E-state index is -0.228. The zero-order valence-electron chi connectivity index (χ0n) is 31.3. The van der Waals surface area contributed by atoms with Crippen molar-refractivity contribution >= 4 is 11.9 Å². The van der Waals surface area contributed by atoms with Gasteiger partial charge >= 0.3 is 11.9 Å². The fourth-order valence-electron chi connectivity index (χ4n) is 5.92. The summed E-state index contributed by atoms with van der Waals surface area (Å²) in [6.07, 6.45) is 43.7. The largest absolute Gasteiger partial charge is 0.463 e. The molecule has 0 N–H and O–H groups in total. The van der Waals surface area contributed by atoms with E-state index < -0.39 is 0 Å². The summed E-state index contributed by atoms with van der Waals surface area (Å²) in [7, 11) is 0. The first-order chi connectivity index (χ1) is 22.5. The molecule has 0 saturated heterocycles. The quantitative estimate of drug-likeness (QED) is 0.0390. The van der Waals surface area contributed by atoms with Crippen LogP contribution in [0, 0.1) is 0 Å². The van der Waals surface area contributed by atoms with Crippen LogP contribution < -0.4 is 0 Å². The predicted octanol–water partition coefficient (Wildman–Crippen LogP) is 13.7. The molecule has 0 radical (unpaired) electrons. The minimum absolute atomic E-state index is 0.115. The van der Waals surface area contributed by atoms with Gasteiger partial charge in [0, 0.05) is 19.3 Å². The molecule has 2 atom stereocenters. The van der Waals surface area contributed by atoms with Crippen LogP contribution in [0.1, 0.15) is 220 Å². The van der Waals surface area contributed by atoms with Crippen molar-refractivity contribution in [2.24, 2.45) is 0 Å². The Morgan fingerprint density at radius 2 is 0.783 bits per heavy atom. The molecule has 4 nitrogen and oxygen atoms in total. The number of esters is 2. The van der Waals surface area contributed by atoms with Crippen molar-refractivity contribution < 1.29 is 19.1 Å². The maximum atomic E-state index is 12.4. The SMILES string of the molecule is CCCCCCCC/C=C\CCCCCCCC(=O)OC(C)CC(CC)OC(=O)CCCCCCC/C=C\CCCCCCCC. The van der Waals surface area contributed by atoms with Gasteiger partial charge in [-0.25, -0.2) is 0 Å². The lowest BCUT2D eigenvalue weighted by Crippen LogP contribution is -2.25. The van der Waals surface area contributed by atoms with E-state index in [-0.39, 0.29) is 24.1 Å². The third-order valence-corrected chi connectivity index (χ3v) is 8.97. The van der Waals surface area contributed by atoms with Crippen LogP contribution in [0.3, 0.4) is 0 Å². The average molecular weight is 647 g/mol. The molecule has 4 heteroatoms. The highest BCUT2D eigenvalue weighted by molar-refractivity contribution is 5.70. The standard InChI is InChI=1S/C42H78O4/c1-5-8-10-12-14-16-18-20-22-24-26-28-30-32-34-36-41(43)45-39(4)38-40(7-3)46-42(44)37-35-33-31-29-27-25-23-21-19-17-15-13-11-9-6-2/h20-23,39-40H,5-19,24-38H2,1-4H3/b22-20-,23-21-. The maximum absolute atomic E-state index is 12.4. The van der Waals surface area contributed by atoms with E-state index in [9.17, 15) is 9.59 Å². The number of carbonyl (C=O) groups excluding carboxylic acids is 2. The second-order valence-electron chi connectivity index (χ2n) is 13.7. The van der Waals surface area contributed by atoms with Crippen molar-refractivity contribution in [2.45, 2.75) is 233 Å². The maximum Gasteiger partial charge on any atom is 0.306 e. The van der Waals surface area contributed by atoms with Crippen LogP contribution in [-0.2, 0) is 19.1 Å². The van der Waals surface area contributed by atoms with Crippen LogP contribution in [0.15, 0.2) is 24.3 Å². The summed E-state index contributed by atoms with van der Waals surface area (Å²) in [6.45, 7) is 8.48. The predicted molar refractivity (Wildman–Crippen MR) is 199 cm³/mol. The summed E-state index contributed by atoms with van der Waals surface area (Å²) in [6, 6.07) is 0. The molecule has 0 aromatic heterocycles. The normalized spacial score (nSPS) is 13.0. The molecular formula is C42H78O4. The Balaban J connectivity index is 3.69. The summed E-state index contributed by atoms with van der Waals surface area (Å²) in [4.78, 5) is 24.7. The van der Waals surface area contributed by atoms with Crippen molar-refractivity contribution in [1.29, 1.82) is 0 Å². The lowest BCUT2D eigenvalue weighted by Gasteiger charge is -2.20. The van der Waals surface area contributed by atoms with Gasteiger partial charge in [-0.1, -0.05) is 148 Å². The van der Waals surface area contributed by atoms with E-state index in [1.165, 1.54) is 141 Å². The first-order valence-corrected chi connectivity index (χ1v) is 20.2. The second-order valence-corrected chi connectivity index (χ2v) is 13.7. The van der Waals surface area contributed by atoms with Crippen LogP contribution in [0.25, 0.3) is 0 Å². The number of hydrogen-bond donors (Lipinski definition) is 0. The fourth-order valence-corrected chi connectivity index (χ4v) is 5.92. The van der Waals surface area contributed by atoms with Gasteiger partial charge in [0.2, 0.25) is 0 Å². The number of ether oxygens (including phenoxy) is 2. The number of rotatable bonds is 35. The zero-order chi connectivity index (χ0) is 33.8. The minimum Gasteiger partial charge on any atom is -0.463 e. The fraction of sp³-hybridized carbons (Fsp3) is 0.857. The molecule has 0 heterocycles. The topological polar surface area (TPSA) is 52.6 Å². The summed E-state index contributed by atoms with van der Waals surface area (Å²) in [5.41, 5.74) is 0. The summed E-state index contributed by atoms with van der Waals surface area (Å²) < 4.78 is 11.3. The number of allylic oxidation sites excluding steroid dienone is 4. The van der Waals surface area contributed by atoms with Gasteiger partial charge in [-0.15, -0.1) is 0 Å². The molecule has 0 aliphatic heterocycles. The smallest absolute Gasteiger partial charge is 0.306 e. The number of hydrogen-bond acceptors (Lipinski definition) is 4. The molecule has 0 aromatic rings. The van der Waals surface area contributed by atoms with E-state index >= 15 is 0 Å². The van der Waals surface area contributed by atoms with Crippen LogP contribution in [-0.4, -0.2) is 24.1 Å². The second kappa shape index (κ2) is 36.3. The van der Waals surface area contributed by atoms with Crippen LogP contribution >= 0.6 is 0 Å². The molecule has 270 valence electrons. The Bertz CT molecular complexity index is 712. The highest BCUT2D eigenvalue weighted by Gasteiger charge is 2.18. The average Bonchev–Trinajstić information content (AvgIpc) is 3.04. The first-order valence-electron chi connectivity index (χ1n) is 20.2. The molecule has 0 bridgehead atoms. The van der Waals surface area contributed by atoms with Crippen molar-refractivity contribution in [3.05, 3.63) is 24.3 Å². The molecule has 0 spiro atoms. The third kappa shape index (κ3) is 33.8. The van der Waals surface area contributed by atoms with Crippen LogP contribution in [0.4, 0.5) is 0 Å². The zero-order valence-corrected chi connectivity index (χ0v) is 31.3. The van der Waals surface area contributed by atoms with Gasteiger partial charge < -0.3 is 9.47 Å². The van der Waals surface area contributed by atoms with Gasteiger partial charge in [0.25, 0.3) is 0 Å². The lowest BCUT2D eigenvalue weighted by molar-refractivity contribution is -0.155. The van der Waals surface area contributed by atoms with E-state index in [2.05, 4.69) is 38.2 Å².